The van der Waals surface area contributed by atoms with Gasteiger partial charge >= 0.3 is 0 Å². The van der Waals surface area contributed by atoms with E-state index in [2.05, 4.69) is 17.9 Å². The first kappa shape index (κ1) is 13.0. The molecule has 1 aromatic heterocycles. The molecule has 5 heteroatoms. The van der Waals surface area contributed by atoms with E-state index in [0.29, 0.717) is 11.4 Å². The number of carbonyl (C=O) groups excluding carboxylic acids is 1. The summed E-state index contributed by atoms with van der Waals surface area (Å²) >= 11 is 5.55. The molecule has 0 spiro atoms. The number of hydrogen-bond donors (Lipinski definition) is 3. The molecule has 18 heavy (non-hydrogen) atoms. The fraction of sp³-hybridized carbons (Fsp3) is 0.154. The number of amides is 1. The van der Waals surface area contributed by atoms with Crippen LogP contribution in [0.25, 0.3) is 0 Å². The van der Waals surface area contributed by atoms with E-state index in [1.165, 1.54) is 11.3 Å². The molecule has 0 bridgehead atoms. The SMILES string of the molecule is O=C(NCCc1ccc(O)cc1)c1cc(S)cs1. The van der Waals surface area contributed by atoms with Crippen molar-refractivity contribution >= 4 is 29.9 Å². The zero-order chi connectivity index (χ0) is 13.0. The third-order valence-corrected chi connectivity index (χ3v) is 3.81. The average molecular weight is 279 g/mol. The number of aromatic hydroxyl groups is 1. The van der Waals surface area contributed by atoms with Crippen LogP contribution < -0.4 is 5.32 Å². The van der Waals surface area contributed by atoms with Crippen molar-refractivity contribution in [2.45, 2.75) is 11.3 Å². The van der Waals surface area contributed by atoms with Gasteiger partial charge in [-0.2, -0.15) is 0 Å². The molecule has 2 aromatic rings. The van der Waals surface area contributed by atoms with E-state index in [4.69, 9.17) is 5.11 Å². The lowest BCUT2D eigenvalue weighted by Crippen LogP contribution is -2.24. The monoisotopic (exact) mass is 279 g/mol. The maximum Gasteiger partial charge on any atom is 0.261 e. The molecule has 0 saturated heterocycles. The van der Waals surface area contributed by atoms with Crippen molar-refractivity contribution < 1.29 is 9.90 Å². The van der Waals surface area contributed by atoms with Crippen LogP contribution in [0.3, 0.4) is 0 Å². The largest absolute Gasteiger partial charge is 0.508 e. The summed E-state index contributed by atoms with van der Waals surface area (Å²) in [5, 5.41) is 13.8. The molecular formula is C13H13NO2S2. The van der Waals surface area contributed by atoms with E-state index < -0.39 is 0 Å². The van der Waals surface area contributed by atoms with Crippen LogP contribution in [0.5, 0.6) is 5.75 Å². The van der Waals surface area contributed by atoms with Gasteiger partial charge in [0, 0.05) is 16.8 Å². The second-order valence-electron chi connectivity index (χ2n) is 3.84. The first-order valence-corrected chi connectivity index (χ1v) is 6.81. The molecule has 0 unspecified atom stereocenters. The number of phenolic OH excluding ortho intramolecular Hbond substituents is 1. The fourth-order valence-electron chi connectivity index (χ4n) is 1.52. The van der Waals surface area contributed by atoms with E-state index in [9.17, 15) is 4.79 Å². The zero-order valence-electron chi connectivity index (χ0n) is 9.59. The Bertz CT molecular complexity index is 534. The van der Waals surface area contributed by atoms with Crippen LogP contribution in [-0.4, -0.2) is 17.6 Å². The Balaban J connectivity index is 1.82. The Kier molecular flexibility index (Phi) is 4.28. The van der Waals surface area contributed by atoms with E-state index in [0.717, 1.165) is 16.9 Å². The van der Waals surface area contributed by atoms with Crippen LogP contribution in [0.2, 0.25) is 0 Å². The highest BCUT2D eigenvalue weighted by molar-refractivity contribution is 7.80. The Morgan fingerprint density at radius 3 is 2.67 bits per heavy atom. The van der Waals surface area contributed by atoms with E-state index >= 15 is 0 Å². The highest BCUT2D eigenvalue weighted by atomic mass is 32.1. The van der Waals surface area contributed by atoms with Gasteiger partial charge in [0.25, 0.3) is 5.91 Å². The quantitative estimate of drug-likeness (QED) is 0.754. The summed E-state index contributed by atoms with van der Waals surface area (Å²) in [5.41, 5.74) is 1.08. The molecule has 94 valence electrons. The minimum Gasteiger partial charge on any atom is -0.508 e. The van der Waals surface area contributed by atoms with E-state index in [1.54, 1.807) is 18.2 Å². The number of thiol groups is 1. The van der Waals surface area contributed by atoms with E-state index in [1.807, 2.05) is 17.5 Å². The summed E-state index contributed by atoms with van der Waals surface area (Å²) in [5.74, 6) is 0.182. The van der Waals surface area contributed by atoms with Crippen molar-refractivity contribution in [1.82, 2.24) is 5.32 Å². The molecule has 0 atom stereocenters. The molecule has 2 rings (SSSR count). The maximum atomic E-state index is 11.7. The standard InChI is InChI=1S/C13H13NO2S2/c15-10-3-1-9(2-4-10)5-6-14-13(16)12-7-11(17)8-18-12/h1-4,7-8,15,17H,5-6H2,(H,14,16). The van der Waals surface area contributed by atoms with Gasteiger partial charge in [0.05, 0.1) is 4.88 Å². The molecule has 0 saturated carbocycles. The topological polar surface area (TPSA) is 49.3 Å². The second kappa shape index (κ2) is 5.93. The molecule has 1 aromatic carbocycles. The van der Waals surface area contributed by atoms with Crippen LogP contribution >= 0.6 is 24.0 Å². The van der Waals surface area contributed by atoms with Gasteiger partial charge in [0.1, 0.15) is 5.75 Å². The highest BCUT2D eigenvalue weighted by Crippen LogP contribution is 2.17. The van der Waals surface area contributed by atoms with Gasteiger partial charge in [-0.15, -0.1) is 24.0 Å². The summed E-state index contributed by atoms with van der Waals surface area (Å²) in [6.45, 7) is 0.573. The fourth-order valence-corrected chi connectivity index (χ4v) is 2.58. The van der Waals surface area contributed by atoms with Gasteiger partial charge in [-0.05, 0) is 30.2 Å². The lowest BCUT2D eigenvalue weighted by Gasteiger charge is -2.04. The maximum absolute atomic E-state index is 11.7. The molecule has 1 amide bonds. The number of benzene rings is 1. The van der Waals surface area contributed by atoms with Crippen LogP contribution in [0.1, 0.15) is 15.2 Å². The lowest BCUT2D eigenvalue weighted by atomic mass is 10.1. The predicted molar refractivity (Wildman–Crippen MR) is 75.7 cm³/mol. The van der Waals surface area contributed by atoms with E-state index in [-0.39, 0.29) is 11.7 Å². The van der Waals surface area contributed by atoms with Gasteiger partial charge < -0.3 is 10.4 Å². The van der Waals surface area contributed by atoms with Crippen molar-refractivity contribution in [3.05, 3.63) is 46.2 Å². The number of thiophene rings is 1. The molecule has 0 radical (unpaired) electrons. The number of hydrogen-bond acceptors (Lipinski definition) is 4. The smallest absolute Gasteiger partial charge is 0.261 e. The van der Waals surface area contributed by atoms with Gasteiger partial charge in [0.2, 0.25) is 0 Å². The Morgan fingerprint density at radius 1 is 1.33 bits per heavy atom. The third kappa shape index (κ3) is 3.51. The third-order valence-electron chi connectivity index (χ3n) is 2.44. The van der Waals surface area contributed by atoms with Crippen molar-refractivity contribution in [2.24, 2.45) is 0 Å². The van der Waals surface area contributed by atoms with Crippen molar-refractivity contribution in [2.75, 3.05) is 6.54 Å². The van der Waals surface area contributed by atoms with Crippen molar-refractivity contribution in [3.8, 4) is 5.75 Å². The van der Waals surface area contributed by atoms with Gasteiger partial charge in [-0.3, -0.25) is 4.79 Å². The normalized spacial score (nSPS) is 10.3. The Labute approximate surface area is 115 Å². The minimum atomic E-state index is -0.0703. The molecule has 1 heterocycles. The number of carbonyl (C=O) groups is 1. The lowest BCUT2D eigenvalue weighted by molar-refractivity contribution is 0.0958. The molecule has 0 fully saturated rings. The molecule has 3 nitrogen and oxygen atoms in total. The predicted octanol–water partition coefficient (Wildman–Crippen LogP) is 2.71. The first-order valence-electron chi connectivity index (χ1n) is 5.49. The first-order chi connectivity index (χ1) is 8.65. The minimum absolute atomic E-state index is 0.0703. The zero-order valence-corrected chi connectivity index (χ0v) is 11.3. The molecule has 0 aliphatic carbocycles. The van der Waals surface area contributed by atoms with Gasteiger partial charge in [-0.25, -0.2) is 0 Å². The second-order valence-corrected chi connectivity index (χ2v) is 5.27. The highest BCUT2D eigenvalue weighted by Gasteiger charge is 2.07. The average Bonchev–Trinajstić information content (AvgIpc) is 2.78. The van der Waals surface area contributed by atoms with Crippen LogP contribution in [-0.2, 0) is 6.42 Å². The van der Waals surface area contributed by atoms with Crippen LogP contribution in [0.15, 0.2) is 40.6 Å². The number of rotatable bonds is 4. The molecule has 0 aliphatic rings. The summed E-state index contributed by atoms with van der Waals surface area (Å²) < 4.78 is 0. The summed E-state index contributed by atoms with van der Waals surface area (Å²) in [6.07, 6.45) is 0.741. The number of phenols is 1. The molecule has 0 aliphatic heterocycles. The Hall–Kier alpha value is -1.46. The van der Waals surface area contributed by atoms with Crippen LogP contribution in [0, 0.1) is 0 Å². The Morgan fingerprint density at radius 2 is 2.06 bits per heavy atom. The molecule has 2 N–H and O–H groups in total. The summed E-state index contributed by atoms with van der Waals surface area (Å²) in [6, 6.07) is 8.73. The summed E-state index contributed by atoms with van der Waals surface area (Å²) in [7, 11) is 0. The molecular weight excluding hydrogens is 266 g/mol. The van der Waals surface area contributed by atoms with Crippen molar-refractivity contribution in [3.63, 3.8) is 0 Å². The van der Waals surface area contributed by atoms with Gasteiger partial charge in [-0.1, -0.05) is 12.1 Å². The number of nitrogens with one attached hydrogen (secondary N) is 1. The van der Waals surface area contributed by atoms with Gasteiger partial charge in [0.15, 0.2) is 0 Å². The summed E-state index contributed by atoms with van der Waals surface area (Å²) in [4.78, 5) is 13.2. The van der Waals surface area contributed by atoms with Crippen molar-refractivity contribution in [1.29, 1.82) is 0 Å². The van der Waals surface area contributed by atoms with Crippen LogP contribution in [0.4, 0.5) is 0 Å².